The topological polar surface area (TPSA) is 41.4 Å². The van der Waals surface area contributed by atoms with E-state index in [2.05, 4.69) is 46.0 Å². The Bertz CT molecular complexity index is 942. The van der Waals surface area contributed by atoms with Crippen LogP contribution in [0.15, 0.2) is 59.7 Å². The van der Waals surface area contributed by atoms with E-state index in [-0.39, 0.29) is 5.56 Å². The number of para-hydroxylation sites is 1. The second-order valence-electron chi connectivity index (χ2n) is 6.62. The fourth-order valence-electron chi connectivity index (χ4n) is 3.39. The van der Waals surface area contributed by atoms with E-state index < -0.39 is 0 Å². The van der Waals surface area contributed by atoms with Crippen LogP contribution < -0.4 is 10.5 Å². The fraction of sp³-hybridized carbons (Fsp3) is 0.300. The monoisotopic (exact) mass is 334 g/mol. The molecule has 5 heteroatoms. The van der Waals surface area contributed by atoms with E-state index in [1.54, 1.807) is 10.9 Å². The molecule has 1 aromatic heterocycles. The highest BCUT2D eigenvalue weighted by atomic mass is 16.1. The minimum absolute atomic E-state index is 0.0340. The van der Waals surface area contributed by atoms with Crippen LogP contribution >= 0.6 is 0 Å². The third-order valence-electron chi connectivity index (χ3n) is 4.82. The van der Waals surface area contributed by atoms with Crippen LogP contribution in [0.5, 0.6) is 0 Å². The zero-order chi connectivity index (χ0) is 17.2. The first-order chi connectivity index (χ1) is 12.2. The second-order valence-corrected chi connectivity index (χ2v) is 6.62. The van der Waals surface area contributed by atoms with Gasteiger partial charge in [0.2, 0.25) is 0 Å². The lowest BCUT2D eigenvalue weighted by Crippen LogP contribution is -2.47. The van der Waals surface area contributed by atoms with Crippen LogP contribution in [0.3, 0.4) is 0 Å². The highest BCUT2D eigenvalue weighted by molar-refractivity contribution is 5.76. The highest BCUT2D eigenvalue weighted by Crippen LogP contribution is 2.18. The van der Waals surface area contributed by atoms with E-state index >= 15 is 0 Å². The summed E-state index contributed by atoms with van der Waals surface area (Å²) in [4.78, 5) is 21.7. The molecule has 0 amide bonds. The van der Waals surface area contributed by atoms with Gasteiger partial charge < -0.3 is 4.90 Å². The summed E-state index contributed by atoms with van der Waals surface area (Å²) in [5, 5.41) is 0.684. The summed E-state index contributed by atoms with van der Waals surface area (Å²) < 4.78 is 1.71. The molecule has 1 saturated heterocycles. The van der Waals surface area contributed by atoms with Crippen LogP contribution in [0.4, 0.5) is 5.69 Å². The number of benzene rings is 2. The van der Waals surface area contributed by atoms with Gasteiger partial charge in [0.25, 0.3) is 5.56 Å². The minimum atomic E-state index is 0.0340. The molecule has 0 spiro atoms. The Morgan fingerprint density at radius 3 is 2.60 bits per heavy atom. The van der Waals surface area contributed by atoms with Crippen molar-refractivity contribution in [3.8, 4) is 0 Å². The molecule has 4 rings (SSSR count). The predicted octanol–water partition coefficient (Wildman–Crippen LogP) is 2.48. The molecule has 2 aromatic carbocycles. The van der Waals surface area contributed by atoms with E-state index in [4.69, 9.17) is 0 Å². The van der Waals surface area contributed by atoms with Crippen LogP contribution in [-0.2, 0) is 6.67 Å². The standard InChI is InChI=1S/C20H22N4O/c1-16-5-4-6-17(13-16)23-11-9-22(10-12-23)15-24-14-21-19-8-3-2-7-18(19)20(24)25/h2-8,13-14H,9-12,15H2,1H3. The number of aromatic nitrogens is 2. The SMILES string of the molecule is Cc1cccc(N2CCN(Cn3cnc4ccccc4c3=O)CC2)c1. The minimum Gasteiger partial charge on any atom is -0.369 e. The summed E-state index contributed by atoms with van der Waals surface area (Å²) in [6.07, 6.45) is 1.66. The maximum Gasteiger partial charge on any atom is 0.262 e. The van der Waals surface area contributed by atoms with Gasteiger partial charge in [0, 0.05) is 31.9 Å². The van der Waals surface area contributed by atoms with Crippen molar-refractivity contribution in [1.82, 2.24) is 14.5 Å². The van der Waals surface area contributed by atoms with Crippen molar-refractivity contribution in [3.63, 3.8) is 0 Å². The molecular formula is C20H22N4O. The maximum atomic E-state index is 12.6. The Morgan fingerprint density at radius 2 is 1.80 bits per heavy atom. The van der Waals surface area contributed by atoms with Crippen LogP contribution in [0, 0.1) is 6.92 Å². The molecule has 1 aliphatic heterocycles. The molecule has 0 saturated carbocycles. The Balaban J connectivity index is 1.45. The lowest BCUT2D eigenvalue weighted by molar-refractivity contribution is 0.203. The van der Waals surface area contributed by atoms with Crippen LogP contribution in [0.2, 0.25) is 0 Å². The lowest BCUT2D eigenvalue weighted by Gasteiger charge is -2.36. The molecule has 0 unspecified atom stereocenters. The number of piperazine rings is 1. The van der Waals surface area contributed by atoms with Gasteiger partial charge in [-0.25, -0.2) is 4.98 Å². The van der Waals surface area contributed by atoms with Crippen LogP contribution in [0.25, 0.3) is 10.9 Å². The number of rotatable bonds is 3. The number of hydrogen-bond donors (Lipinski definition) is 0. The van der Waals surface area contributed by atoms with Gasteiger partial charge in [-0.15, -0.1) is 0 Å². The van der Waals surface area contributed by atoms with E-state index in [0.29, 0.717) is 12.1 Å². The van der Waals surface area contributed by atoms with Crippen LogP contribution in [-0.4, -0.2) is 40.6 Å². The molecule has 0 N–H and O–H groups in total. The average molecular weight is 334 g/mol. The Hall–Kier alpha value is -2.66. The van der Waals surface area contributed by atoms with Crippen molar-refractivity contribution in [2.24, 2.45) is 0 Å². The van der Waals surface area contributed by atoms with E-state index in [1.165, 1.54) is 11.3 Å². The summed E-state index contributed by atoms with van der Waals surface area (Å²) in [7, 11) is 0. The number of fused-ring (bicyclic) bond motifs is 1. The van der Waals surface area contributed by atoms with Crippen molar-refractivity contribution in [2.75, 3.05) is 31.1 Å². The van der Waals surface area contributed by atoms with Crippen molar-refractivity contribution < 1.29 is 0 Å². The lowest BCUT2D eigenvalue weighted by atomic mass is 10.2. The van der Waals surface area contributed by atoms with Crippen molar-refractivity contribution in [3.05, 3.63) is 70.8 Å². The molecular weight excluding hydrogens is 312 g/mol. The summed E-state index contributed by atoms with van der Waals surface area (Å²) >= 11 is 0. The van der Waals surface area contributed by atoms with Crippen molar-refractivity contribution in [2.45, 2.75) is 13.6 Å². The number of nitrogens with zero attached hydrogens (tertiary/aromatic N) is 4. The maximum absolute atomic E-state index is 12.6. The first-order valence-corrected chi connectivity index (χ1v) is 8.69. The quantitative estimate of drug-likeness (QED) is 0.738. The van der Waals surface area contributed by atoms with Crippen molar-refractivity contribution in [1.29, 1.82) is 0 Å². The summed E-state index contributed by atoms with van der Waals surface area (Å²) in [5.41, 5.74) is 3.36. The summed E-state index contributed by atoms with van der Waals surface area (Å²) in [5.74, 6) is 0. The molecule has 2 heterocycles. The van der Waals surface area contributed by atoms with Gasteiger partial charge in [-0.1, -0.05) is 24.3 Å². The molecule has 1 aliphatic rings. The molecule has 25 heavy (non-hydrogen) atoms. The fourth-order valence-corrected chi connectivity index (χ4v) is 3.39. The first-order valence-electron chi connectivity index (χ1n) is 8.69. The normalized spacial score (nSPS) is 15.6. The van der Waals surface area contributed by atoms with E-state index in [0.717, 1.165) is 31.7 Å². The number of anilines is 1. The van der Waals surface area contributed by atoms with Crippen molar-refractivity contribution >= 4 is 16.6 Å². The predicted molar refractivity (Wildman–Crippen MR) is 101 cm³/mol. The Labute approximate surface area is 147 Å². The Morgan fingerprint density at radius 1 is 1.00 bits per heavy atom. The average Bonchev–Trinajstić information content (AvgIpc) is 2.65. The molecule has 5 nitrogen and oxygen atoms in total. The third-order valence-corrected chi connectivity index (χ3v) is 4.82. The molecule has 0 aliphatic carbocycles. The van der Waals surface area contributed by atoms with Gasteiger partial charge in [0.15, 0.2) is 0 Å². The first kappa shape index (κ1) is 15.8. The molecule has 3 aromatic rings. The third kappa shape index (κ3) is 3.28. The van der Waals surface area contributed by atoms with Gasteiger partial charge in [0.1, 0.15) is 0 Å². The van der Waals surface area contributed by atoms with Gasteiger partial charge in [-0.2, -0.15) is 0 Å². The molecule has 1 fully saturated rings. The number of aryl methyl sites for hydroxylation is 1. The molecule has 0 atom stereocenters. The molecule has 0 radical (unpaired) electrons. The number of hydrogen-bond acceptors (Lipinski definition) is 4. The molecule has 0 bridgehead atoms. The largest absolute Gasteiger partial charge is 0.369 e. The Kier molecular flexibility index (Phi) is 4.24. The zero-order valence-electron chi connectivity index (χ0n) is 14.4. The summed E-state index contributed by atoms with van der Waals surface area (Å²) in [6, 6.07) is 16.1. The van der Waals surface area contributed by atoms with E-state index in [9.17, 15) is 4.79 Å². The van der Waals surface area contributed by atoms with Gasteiger partial charge >= 0.3 is 0 Å². The second kappa shape index (κ2) is 6.69. The van der Waals surface area contributed by atoms with Gasteiger partial charge in [-0.05, 0) is 36.8 Å². The van der Waals surface area contributed by atoms with Crippen LogP contribution in [0.1, 0.15) is 5.56 Å². The smallest absolute Gasteiger partial charge is 0.262 e. The van der Waals surface area contributed by atoms with Gasteiger partial charge in [-0.3, -0.25) is 14.3 Å². The zero-order valence-corrected chi connectivity index (χ0v) is 14.4. The van der Waals surface area contributed by atoms with E-state index in [1.807, 2.05) is 24.3 Å². The van der Waals surface area contributed by atoms with Gasteiger partial charge in [0.05, 0.1) is 23.9 Å². The molecule has 128 valence electrons. The highest BCUT2D eigenvalue weighted by Gasteiger charge is 2.18. The summed E-state index contributed by atoms with van der Waals surface area (Å²) in [6.45, 7) is 6.54.